The van der Waals surface area contributed by atoms with E-state index in [9.17, 15) is 27.6 Å². The molecule has 1 saturated heterocycles. The number of benzene rings is 1. The largest absolute Gasteiger partial charge is 0.487 e. The van der Waals surface area contributed by atoms with E-state index in [0.29, 0.717) is 37.6 Å². The third-order valence-corrected chi connectivity index (χ3v) is 7.37. The highest BCUT2D eigenvalue weighted by Crippen LogP contribution is 2.50. The summed E-state index contributed by atoms with van der Waals surface area (Å²) < 4.78 is 48.6. The summed E-state index contributed by atoms with van der Waals surface area (Å²) in [6.45, 7) is 2.67. The minimum atomic E-state index is -1.14. The molecule has 1 N–H and O–H groups in total. The van der Waals surface area contributed by atoms with E-state index in [1.807, 2.05) is 11.8 Å². The standard InChI is InChI=1S/C25H26F3N3O4/c1-2-3-6-35-22-20-24(34)31-11-14-4-5-25(31,9-14)13-30(20)12-17(21(22)32)23(33)29-10-16-18(27)7-15(26)8-19(16)28/h7-8,12,14H,2-6,9-11,13H2,1H3,(H,29,33)/t14-,25+/m1/s1. The molecule has 1 aliphatic carbocycles. The van der Waals surface area contributed by atoms with Crippen LogP contribution in [0.25, 0.3) is 0 Å². The molecule has 5 rings (SSSR count). The number of unbranched alkanes of at least 4 members (excludes halogenated alkanes) is 1. The molecular formula is C25H26F3N3O4. The van der Waals surface area contributed by atoms with E-state index in [0.717, 1.165) is 25.7 Å². The second-order valence-corrected chi connectivity index (χ2v) is 9.66. The van der Waals surface area contributed by atoms with Crippen LogP contribution in [0.15, 0.2) is 23.1 Å². The lowest BCUT2D eigenvalue weighted by molar-refractivity contribution is 0.0395. The van der Waals surface area contributed by atoms with Crippen molar-refractivity contribution in [3.8, 4) is 5.75 Å². The van der Waals surface area contributed by atoms with E-state index in [1.165, 1.54) is 6.20 Å². The predicted octanol–water partition coefficient (Wildman–Crippen LogP) is 3.38. The van der Waals surface area contributed by atoms with Crippen LogP contribution in [0.1, 0.15) is 65.4 Å². The number of rotatable bonds is 7. The minimum absolute atomic E-state index is 0.136. The number of halogens is 3. The fraction of sp³-hybridized carbons (Fsp3) is 0.480. The molecule has 3 aliphatic rings. The first-order chi connectivity index (χ1) is 16.7. The Labute approximate surface area is 199 Å². The van der Waals surface area contributed by atoms with Crippen LogP contribution in [-0.2, 0) is 13.1 Å². The third kappa shape index (κ3) is 3.88. The first-order valence-electron chi connectivity index (χ1n) is 11.9. The highest BCUT2D eigenvalue weighted by Gasteiger charge is 2.56. The van der Waals surface area contributed by atoms with Gasteiger partial charge in [0.15, 0.2) is 11.4 Å². The quantitative estimate of drug-likeness (QED) is 0.605. The predicted molar refractivity (Wildman–Crippen MR) is 120 cm³/mol. The van der Waals surface area contributed by atoms with Gasteiger partial charge < -0.3 is 19.5 Å². The molecule has 1 saturated carbocycles. The number of hydrogen-bond acceptors (Lipinski definition) is 4. The lowest BCUT2D eigenvalue weighted by Crippen LogP contribution is -2.56. The van der Waals surface area contributed by atoms with Crippen molar-refractivity contribution in [2.24, 2.45) is 5.92 Å². The van der Waals surface area contributed by atoms with Crippen LogP contribution in [-0.4, -0.2) is 40.0 Å². The zero-order chi connectivity index (χ0) is 24.9. The van der Waals surface area contributed by atoms with Crippen molar-refractivity contribution < 1.29 is 27.5 Å². The van der Waals surface area contributed by atoms with Gasteiger partial charge >= 0.3 is 0 Å². The molecule has 1 aromatic heterocycles. The number of piperidine rings is 1. The second-order valence-electron chi connectivity index (χ2n) is 9.66. The SMILES string of the molecule is CCCCOc1c2n(cc(C(=O)NCc3c(F)cc(F)cc3F)c1=O)C[C@@]13CC[C@@H](CN1C2=O)C3. The number of carbonyl (C=O) groups excluding carboxylic acids is 2. The number of nitrogens with zero attached hydrogens (tertiary/aromatic N) is 2. The molecule has 186 valence electrons. The number of amides is 2. The molecule has 0 radical (unpaired) electrons. The molecule has 2 amide bonds. The van der Waals surface area contributed by atoms with Crippen molar-refractivity contribution in [1.82, 2.24) is 14.8 Å². The van der Waals surface area contributed by atoms with E-state index in [-0.39, 0.29) is 35.1 Å². The molecule has 35 heavy (non-hydrogen) atoms. The Kier molecular flexibility index (Phi) is 5.85. The maximum absolute atomic E-state index is 14.0. The van der Waals surface area contributed by atoms with E-state index >= 15 is 0 Å². The van der Waals surface area contributed by atoms with Gasteiger partial charge in [-0.2, -0.15) is 0 Å². The van der Waals surface area contributed by atoms with Gasteiger partial charge in [0.25, 0.3) is 11.8 Å². The fourth-order valence-corrected chi connectivity index (χ4v) is 5.64. The number of pyridine rings is 1. The first-order valence-corrected chi connectivity index (χ1v) is 11.9. The molecule has 2 aromatic rings. The summed E-state index contributed by atoms with van der Waals surface area (Å²) in [6, 6.07) is 1.04. The number of nitrogens with one attached hydrogen (secondary N) is 1. The molecule has 2 atom stereocenters. The van der Waals surface area contributed by atoms with Gasteiger partial charge in [0, 0.05) is 43.5 Å². The minimum Gasteiger partial charge on any atom is -0.487 e. The molecule has 1 spiro atoms. The zero-order valence-electron chi connectivity index (χ0n) is 19.3. The fourth-order valence-electron chi connectivity index (χ4n) is 5.64. The van der Waals surface area contributed by atoms with Crippen molar-refractivity contribution >= 4 is 11.8 Å². The monoisotopic (exact) mass is 489 g/mol. The molecule has 2 fully saturated rings. The van der Waals surface area contributed by atoms with E-state index in [1.54, 1.807) is 4.57 Å². The molecule has 2 bridgehead atoms. The number of ether oxygens (including phenoxy) is 1. The number of aromatic nitrogens is 1. The molecule has 2 aliphatic heterocycles. The summed E-state index contributed by atoms with van der Waals surface area (Å²) in [6.07, 6.45) is 5.56. The van der Waals surface area contributed by atoms with Gasteiger partial charge in [-0.15, -0.1) is 0 Å². The van der Waals surface area contributed by atoms with Gasteiger partial charge in [-0.05, 0) is 31.6 Å². The van der Waals surface area contributed by atoms with Gasteiger partial charge in [-0.1, -0.05) is 13.3 Å². The molecule has 7 nitrogen and oxygen atoms in total. The van der Waals surface area contributed by atoms with Crippen LogP contribution in [0.4, 0.5) is 13.2 Å². The Balaban J connectivity index is 1.50. The van der Waals surface area contributed by atoms with Crippen LogP contribution in [0.5, 0.6) is 5.75 Å². The van der Waals surface area contributed by atoms with Crippen molar-refractivity contribution in [3.05, 3.63) is 62.8 Å². The van der Waals surface area contributed by atoms with E-state index in [4.69, 9.17) is 4.74 Å². The summed E-state index contributed by atoms with van der Waals surface area (Å²) in [7, 11) is 0. The van der Waals surface area contributed by atoms with Crippen LogP contribution in [0.2, 0.25) is 0 Å². The maximum atomic E-state index is 14.0. The highest BCUT2D eigenvalue weighted by molar-refractivity contribution is 5.99. The normalized spacial score (nSPS) is 22.2. The lowest BCUT2D eigenvalue weighted by atomic mass is 9.93. The Morgan fingerprint density at radius 1 is 1.23 bits per heavy atom. The van der Waals surface area contributed by atoms with Crippen molar-refractivity contribution in [2.75, 3.05) is 13.2 Å². The molecule has 0 unspecified atom stereocenters. The van der Waals surface area contributed by atoms with E-state index in [2.05, 4.69) is 5.32 Å². The van der Waals surface area contributed by atoms with Gasteiger partial charge in [-0.25, -0.2) is 13.2 Å². The summed E-state index contributed by atoms with van der Waals surface area (Å²) in [5.41, 5.74) is -1.76. The Hall–Kier alpha value is -3.30. The van der Waals surface area contributed by atoms with Gasteiger partial charge in [0.2, 0.25) is 5.43 Å². The average Bonchev–Trinajstić information content (AvgIpc) is 3.37. The Bertz CT molecular complexity index is 1250. The number of hydrogen-bond donors (Lipinski definition) is 1. The van der Waals surface area contributed by atoms with Gasteiger partial charge in [-0.3, -0.25) is 14.4 Å². The number of carbonyl (C=O) groups is 2. The zero-order valence-corrected chi connectivity index (χ0v) is 19.3. The summed E-state index contributed by atoms with van der Waals surface area (Å²) in [5.74, 6) is -4.25. The summed E-state index contributed by atoms with van der Waals surface area (Å²) in [4.78, 5) is 41.6. The molecule has 10 heteroatoms. The molecule has 1 aromatic carbocycles. The summed E-state index contributed by atoms with van der Waals surface area (Å²) >= 11 is 0. The molecule has 3 heterocycles. The van der Waals surface area contributed by atoms with Crippen LogP contribution >= 0.6 is 0 Å². The Morgan fingerprint density at radius 2 is 1.97 bits per heavy atom. The smallest absolute Gasteiger partial charge is 0.275 e. The third-order valence-electron chi connectivity index (χ3n) is 7.37. The molecular weight excluding hydrogens is 463 g/mol. The van der Waals surface area contributed by atoms with Crippen molar-refractivity contribution in [3.63, 3.8) is 0 Å². The van der Waals surface area contributed by atoms with Crippen molar-refractivity contribution in [2.45, 2.75) is 57.7 Å². The maximum Gasteiger partial charge on any atom is 0.275 e. The topological polar surface area (TPSA) is 80.6 Å². The van der Waals surface area contributed by atoms with Crippen LogP contribution in [0, 0.1) is 23.4 Å². The lowest BCUT2D eigenvalue weighted by Gasteiger charge is -2.44. The average molecular weight is 489 g/mol. The van der Waals surface area contributed by atoms with Gasteiger partial charge in [0.1, 0.15) is 23.0 Å². The van der Waals surface area contributed by atoms with Crippen LogP contribution < -0.4 is 15.5 Å². The summed E-state index contributed by atoms with van der Waals surface area (Å²) in [5, 5.41) is 2.34. The van der Waals surface area contributed by atoms with Crippen molar-refractivity contribution in [1.29, 1.82) is 0 Å². The second kappa shape index (κ2) is 8.73. The highest BCUT2D eigenvalue weighted by atomic mass is 19.1. The Morgan fingerprint density at radius 3 is 2.66 bits per heavy atom. The van der Waals surface area contributed by atoms with Gasteiger partial charge in [0.05, 0.1) is 12.1 Å². The van der Waals surface area contributed by atoms with E-state index < -0.39 is 40.9 Å². The number of fused-ring (bicyclic) bond motifs is 2. The first kappa shape index (κ1) is 23.4. The van der Waals surface area contributed by atoms with Crippen LogP contribution in [0.3, 0.4) is 0 Å².